The molecule has 0 unspecified atom stereocenters. The quantitative estimate of drug-likeness (QED) is 0.0786. The predicted molar refractivity (Wildman–Crippen MR) is 190 cm³/mol. The molecule has 0 aromatic heterocycles. The van der Waals surface area contributed by atoms with Gasteiger partial charge in [0.15, 0.2) is 0 Å². The summed E-state index contributed by atoms with van der Waals surface area (Å²) in [6.45, 7) is 15.1. The average molecular weight is 596 g/mol. The lowest BCUT2D eigenvalue weighted by Crippen LogP contribution is -2.37. The molecule has 254 valence electrons. The minimum Gasteiger partial charge on any atom is -0.481 e. The molecular formula is C39H81NO2. The van der Waals surface area contributed by atoms with Crippen LogP contribution in [-0.4, -0.2) is 34.6 Å². The molecule has 0 aliphatic heterocycles. The zero-order chi connectivity index (χ0) is 31.5. The molecule has 0 bridgehead atoms. The molecule has 0 amide bonds. The summed E-state index contributed by atoms with van der Waals surface area (Å²) in [7, 11) is 0. The Hall–Kier alpha value is -0.570. The monoisotopic (exact) mass is 596 g/mol. The molecule has 0 fully saturated rings. The first-order chi connectivity index (χ1) is 20.4. The fraction of sp³-hybridized carbons (Fsp3) is 0.974. The highest BCUT2D eigenvalue weighted by Crippen LogP contribution is 2.15. The van der Waals surface area contributed by atoms with E-state index in [2.05, 4.69) is 46.4 Å². The molecular weight excluding hydrogens is 514 g/mol. The molecule has 0 aromatic rings. The highest BCUT2D eigenvalue weighted by Gasteiger charge is 2.11. The standard InChI is InChI=1S/C21H45N.C18H36O2/c1-6-7-8-9-10-11-12-13-14-15-16-17-18-19-22(20(2)3)21(4)5;1-2-3-4-5-6-7-8-9-10-11-12-13-14-15-16-17-18(19)20/h20-21H,6-19H2,1-5H3;2-17H2,1H3,(H,19,20). The fourth-order valence-corrected chi connectivity index (χ4v) is 6.07. The van der Waals surface area contributed by atoms with Crippen LogP contribution in [0.25, 0.3) is 0 Å². The lowest BCUT2D eigenvalue weighted by molar-refractivity contribution is -0.137. The van der Waals surface area contributed by atoms with E-state index in [1.165, 1.54) is 173 Å². The molecule has 0 rings (SSSR count). The van der Waals surface area contributed by atoms with E-state index < -0.39 is 5.97 Å². The van der Waals surface area contributed by atoms with Crippen molar-refractivity contribution in [2.24, 2.45) is 0 Å². The average Bonchev–Trinajstić information content (AvgIpc) is 2.95. The molecule has 0 aliphatic rings. The van der Waals surface area contributed by atoms with Crippen LogP contribution in [0.2, 0.25) is 0 Å². The minimum absolute atomic E-state index is 0.345. The van der Waals surface area contributed by atoms with Crippen LogP contribution in [0.1, 0.15) is 228 Å². The molecule has 0 aliphatic carbocycles. The zero-order valence-corrected chi connectivity index (χ0v) is 30.2. The first kappa shape index (κ1) is 43.6. The molecule has 0 saturated carbocycles. The maximum absolute atomic E-state index is 10.3. The molecule has 0 heterocycles. The Morgan fingerprint density at radius 2 is 0.667 bits per heavy atom. The van der Waals surface area contributed by atoms with E-state index in [-0.39, 0.29) is 0 Å². The predicted octanol–water partition coefficient (Wildman–Crippen LogP) is 13.5. The van der Waals surface area contributed by atoms with Crippen molar-refractivity contribution in [1.82, 2.24) is 4.90 Å². The first-order valence-corrected chi connectivity index (χ1v) is 19.3. The van der Waals surface area contributed by atoms with Crippen LogP contribution in [0, 0.1) is 0 Å². The number of rotatable bonds is 32. The van der Waals surface area contributed by atoms with Gasteiger partial charge >= 0.3 is 5.97 Å². The lowest BCUT2D eigenvalue weighted by Gasteiger charge is -2.30. The number of hydrogen-bond acceptors (Lipinski definition) is 2. The third kappa shape index (κ3) is 37.5. The normalized spacial score (nSPS) is 11.5. The van der Waals surface area contributed by atoms with Crippen molar-refractivity contribution in [3.05, 3.63) is 0 Å². The van der Waals surface area contributed by atoms with Gasteiger partial charge in [0.05, 0.1) is 0 Å². The zero-order valence-electron chi connectivity index (χ0n) is 30.2. The van der Waals surface area contributed by atoms with Gasteiger partial charge in [-0.1, -0.05) is 181 Å². The van der Waals surface area contributed by atoms with E-state index >= 15 is 0 Å². The summed E-state index contributed by atoms with van der Waals surface area (Å²) < 4.78 is 0. The van der Waals surface area contributed by atoms with Crippen LogP contribution < -0.4 is 0 Å². The second kappa shape index (κ2) is 36.6. The van der Waals surface area contributed by atoms with Gasteiger partial charge in [-0.3, -0.25) is 9.69 Å². The maximum Gasteiger partial charge on any atom is 0.303 e. The molecule has 42 heavy (non-hydrogen) atoms. The van der Waals surface area contributed by atoms with Gasteiger partial charge in [0.1, 0.15) is 0 Å². The van der Waals surface area contributed by atoms with E-state index in [9.17, 15) is 4.79 Å². The van der Waals surface area contributed by atoms with Crippen molar-refractivity contribution in [3.8, 4) is 0 Å². The van der Waals surface area contributed by atoms with Crippen LogP contribution in [0.5, 0.6) is 0 Å². The number of aliphatic carboxylic acids is 1. The molecule has 0 atom stereocenters. The summed E-state index contributed by atoms with van der Waals surface area (Å²) in [6, 6.07) is 1.38. The Morgan fingerprint density at radius 1 is 0.429 bits per heavy atom. The Kier molecular flexibility index (Phi) is 38.0. The smallest absolute Gasteiger partial charge is 0.303 e. The summed E-state index contributed by atoms with van der Waals surface area (Å²) >= 11 is 0. The van der Waals surface area contributed by atoms with E-state index in [4.69, 9.17) is 5.11 Å². The van der Waals surface area contributed by atoms with Crippen LogP contribution in [0.3, 0.4) is 0 Å². The van der Waals surface area contributed by atoms with Crippen molar-refractivity contribution in [2.75, 3.05) is 6.54 Å². The minimum atomic E-state index is -0.653. The molecule has 0 aromatic carbocycles. The summed E-state index contributed by atoms with van der Waals surface area (Å²) in [4.78, 5) is 13.0. The molecule has 0 radical (unpaired) electrons. The van der Waals surface area contributed by atoms with E-state index in [0.29, 0.717) is 18.5 Å². The Bertz CT molecular complexity index is 497. The van der Waals surface area contributed by atoms with E-state index in [1.807, 2.05) is 0 Å². The van der Waals surface area contributed by atoms with E-state index in [0.717, 1.165) is 12.8 Å². The van der Waals surface area contributed by atoms with E-state index in [1.54, 1.807) is 0 Å². The van der Waals surface area contributed by atoms with Gasteiger partial charge in [-0.15, -0.1) is 0 Å². The molecule has 3 heteroatoms. The highest BCUT2D eigenvalue weighted by molar-refractivity contribution is 5.66. The summed E-state index contributed by atoms with van der Waals surface area (Å²) in [6.07, 6.45) is 39.0. The van der Waals surface area contributed by atoms with Gasteiger partial charge in [-0.2, -0.15) is 0 Å². The van der Waals surface area contributed by atoms with Gasteiger partial charge in [-0.05, 0) is 47.1 Å². The second-order valence-corrected chi connectivity index (χ2v) is 13.8. The summed E-state index contributed by atoms with van der Waals surface area (Å²) in [5, 5.41) is 8.52. The highest BCUT2D eigenvalue weighted by atomic mass is 16.4. The number of unbranched alkanes of at least 4 members (excludes halogenated alkanes) is 26. The van der Waals surface area contributed by atoms with Crippen LogP contribution in [0.15, 0.2) is 0 Å². The Balaban J connectivity index is 0. The number of nitrogens with zero attached hydrogens (tertiary/aromatic N) is 1. The van der Waals surface area contributed by atoms with Crippen molar-refractivity contribution in [1.29, 1.82) is 0 Å². The molecule has 1 N–H and O–H groups in total. The fourth-order valence-electron chi connectivity index (χ4n) is 6.07. The number of hydrogen-bond donors (Lipinski definition) is 1. The first-order valence-electron chi connectivity index (χ1n) is 19.3. The molecule has 0 saturated heterocycles. The summed E-state index contributed by atoms with van der Waals surface area (Å²) in [5.74, 6) is -0.653. The van der Waals surface area contributed by atoms with Crippen molar-refractivity contribution in [3.63, 3.8) is 0 Å². The Labute approximate surface area is 266 Å². The number of carboxylic acids is 1. The van der Waals surface area contributed by atoms with Gasteiger partial charge < -0.3 is 5.11 Å². The second-order valence-electron chi connectivity index (χ2n) is 13.8. The van der Waals surface area contributed by atoms with Crippen molar-refractivity contribution in [2.45, 2.75) is 240 Å². The van der Waals surface area contributed by atoms with Gasteiger partial charge in [0.25, 0.3) is 0 Å². The van der Waals surface area contributed by atoms with Gasteiger partial charge in [0, 0.05) is 18.5 Å². The summed E-state index contributed by atoms with van der Waals surface area (Å²) in [5.41, 5.74) is 0. The van der Waals surface area contributed by atoms with Crippen LogP contribution in [0.4, 0.5) is 0 Å². The van der Waals surface area contributed by atoms with Gasteiger partial charge in [-0.25, -0.2) is 0 Å². The lowest BCUT2D eigenvalue weighted by atomic mass is 10.0. The number of carbonyl (C=O) groups is 1. The largest absolute Gasteiger partial charge is 0.481 e. The van der Waals surface area contributed by atoms with Crippen LogP contribution in [-0.2, 0) is 4.79 Å². The molecule has 0 spiro atoms. The van der Waals surface area contributed by atoms with Crippen molar-refractivity contribution < 1.29 is 9.90 Å². The van der Waals surface area contributed by atoms with Gasteiger partial charge in [0.2, 0.25) is 0 Å². The van der Waals surface area contributed by atoms with Crippen LogP contribution >= 0.6 is 0 Å². The third-order valence-electron chi connectivity index (χ3n) is 8.84. The van der Waals surface area contributed by atoms with Crippen molar-refractivity contribution >= 4 is 5.97 Å². The third-order valence-corrected chi connectivity index (χ3v) is 8.84. The SMILES string of the molecule is CCCCCCCCCCCCCCCCCC(=O)O.CCCCCCCCCCCCCCCN(C(C)C)C(C)C. The number of carboxylic acid groups (broad SMARTS) is 1. The molecule has 3 nitrogen and oxygen atoms in total. The Morgan fingerprint density at radius 3 is 0.905 bits per heavy atom. The maximum atomic E-state index is 10.3. The topological polar surface area (TPSA) is 40.5 Å².